The smallest absolute Gasteiger partial charge is 0.235 e. The minimum atomic E-state index is -0.425. The summed E-state index contributed by atoms with van der Waals surface area (Å²) in [5, 5.41) is 20.1. The van der Waals surface area contributed by atoms with E-state index >= 15 is 0 Å². The minimum Gasteiger partial charge on any atom is -0.508 e. The molecule has 0 spiro atoms. The van der Waals surface area contributed by atoms with E-state index < -0.39 is 5.78 Å². The third-order valence-electron chi connectivity index (χ3n) is 3.51. The number of carbonyl (C=O) groups is 1. The lowest BCUT2D eigenvalue weighted by Gasteiger charge is -1.99. The van der Waals surface area contributed by atoms with E-state index in [4.69, 9.17) is 4.74 Å². The lowest BCUT2D eigenvalue weighted by Crippen LogP contribution is -1.98. The number of H-pyrrole nitrogens is 1. The van der Waals surface area contributed by atoms with Crippen molar-refractivity contribution in [3.05, 3.63) is 53.5 Å². The molecule has 0 aliphatic carbocycles. The molecule has 0 saturated heterocycles. The Hall–Kier alpha value is -3.28. The predicted octanol–water partition coefficient (Wildman–Crippen LogP) is 2.59. The molecule has 3 aromatic rings. The summed E-state index contributed by atoms with van der Waals surface area (Å²) in [6.07, 6.45) is 4.98. The van der Waals surface area contributed by atoms with E-state index in [-0.39, 0.29) is 28.6 Å². The van der Waals surface area contributed by atoms with Crippen molar-refractivity contribution in [3.63, 3.8) is 0 Å². The number of aromatic amines is 1. The number of aromatic nitrogens is 2. The van der Waals surface area contributed by atoms with Crippen LogP contribution in [0.15, 0.2) is 42.4 Å². The molecule has 1 aliphatic heterocycles. The number of fused-ring (bicyclic) bond motifs is 2. The van der Waals surface area contributed by atoms with Crippen LogP contribution in [-0.2, 0) is 0 Å². The van der Waals surface area contributed by atoms with Crippen molar-refractivity contribution in [3.8, 4) is 17.2 Å². The standard InChI is InChI=1S/C16H10N2O4/c19-9-5-11(20)14-12(6-9)22-13(15(14)21)4-8-7-18-16-10(8)2-1-3-17-16/h1-7,19-20H,(H,17,18). The number of ketones is 1. The SMILES string of the molecule is O=C1C(=Cc2c[nH]c3ncccc23)Oc2cc(O)cc(O)c21. The molecule has 4 rings (SSSR count). The molecule has 0 unspecified atom stereocenters. The first kappa shape index (κ1) is 12.5. The first-order valence-electron chi connectivity index (χ1n) is 6.56. The number of pyridine rings is 1. The van der Waals surface area contributed by atoms with Crippen molar-refractivity contribution >= 4 is 22.9 Å². The van der Waals surface area contributed by atoms with Gasteiger partial charge in [-0.1, -0.05) is 0 Å². The zero-order valence-electron chi connectivity index (χ0n) is 11.2. The molecular formula is C16H10N2O4. The molecule has 3 N–H and O–H groups in total. The number of phenols is 2. The maximum Gasteiger partial charge on any atom is 0.235 e. The largest absolute Gasteiger partial charge is 0.508 e. The molecule has 1 aliphatic rings. The van der Waals surface area contributed by atoms with Crippen LogP contribution in [0, 0.1) is 0 Å². The Balaban J connectivity index is 1.82. The molecule has 0 bridgehead atoms. The molecule has 0 saturated carbocycles. The summed E-state index contributed by atoms with van der Waals surface area (Å²) in [7, 11) is 0. The lowest BCUT2D eigenvalue weighted by molar-refractivity contribution is 0.101. The highest BCUT2D eigenvalue weighted by Crippen LogP contribution is 2.40. The van der Waals surface area contributed by atoms with E-state index in [0.29, 0.717) is 5.65 Å². The van der Waals surface area contributed by atoms with Gasteiger partial charge in [0.1, 0.15) is 28.5 Å². The number of Topliss-reactive ketones (excluding diaryl/α,β-unsaturated/α-hetero) is 1. The first-order valence-corrected chi connectivity index (χ1v) is 6.56. The maximum absolute atomic E-state index is 12.3. The van der Waals surface area contributed by atoms with Crippen molar-refractivity contribution in [2.24, 2.45) is 0 Å². The topological polar surface area (TPSA) is 95.4 Å². The van der Waals surface area contributed by atoms with Gasteiger partial charge in [-0.15, -0.1) is 0 Å². The number of hydrogen-bond acceptors (Lipinski definition) is 5. The Morgan fingerprint density at radius 3 is 3.00 bits per heavy atom. The van der Waals surface area contributed by atoms with Crippen molar-refractivity contribution in [1.82, 2.24) is 9.97 Å². The number of carbonyl (C=O) groups excluding carboxylic acids is 1. The molecule has 6 nitrogen and oxygen atoms in total. The van der Waals surface area contributed by atoms with Crippen molar-refractivity contribution in [1.29, 1.82) is 0 Å². The Labute approximate surface area is 124 Å². The number of ether oxygens (including phenoxy) is 1. The Morgan fingerprint density at radius 2 is 2.14 bits per heavy atom. The van der Waals surface area contributed by atoms with Crippen LogP contribution in [0.5, 0.6) is 17.2 Å². The summed E-state index contributed by atoms with van der Waals surface area (Å²) in [6.45, 7) is 0. The second-order valence-corrected chi connectivity index (χ2v) is 4.92. The van der Waals surface area contributed by atoms with Crippen LogP contribution >= 0.6 is 0 Å². The normalized spacial score (nSPS) is 15.3. The van der Waals surface area contributed by atoms with Crippen LogP contribution in [0.1, 0.15) is 15.9 Å². The number of aromatic hydroxyl groups is 2. The van der Waals surface area contributed by atoms with Crippen LogP contribution in [0.4, 0.5) is 0 Å². The van der Waals surface area contributed by atoms with Crippen molar-refractivity contribution < 1.29 is 19.7 Å². The minimum absolute atomic E-state index is 0.0574. The molecule has 0 fully saturated rings. The highest BCUT2D eigenvalue weighted by atomic mass is 16.5. The van der Waals surface area contributed by atoms with E-state index in [1.165, 1.54) is 6.07 Å². The number of phenolic OH excluding ortho intramolecular Hbond substituents is 2. The Kier molecular flexibility index (Phi) is 2.47. The number of benzene rings is 1. The molecule has 0 amide bonds. The summed E-state index contributed by atoms with van der Waals surface area (Å²) in [6, 6.07) is 6.08. The van der Waals surface area contributed by atoms with Gasteiger partial charge < -0.3 is 19.9 Å². The number of rotatable bonds is 1. The molecule has 2 aromatic heterocycles. The van der Waals surface area contributed by atoms with Gasteiger partial charge in [0, 0.05) is 35.5 Å². The number of nitrogens with one attached hydrogen (secondary N) is 1. The lowest BCUT2D eigenvalue weighted by atomic mass is 10.1. The molecule has 22 heavy (non-hydrogen) atoms. The molecule has 3 heterocycles. The van der Waals surface area contributed by atoms with Gasteiger partial charge in [-0.25, -0.2) is 4.98 Å². The summed E-state index contributed by atoms with van der Waals surface area (Å²) in [4.78, 5) is 19.5. The fourth-order valence-corrected chi connectivity index (χ4v) is 2.52. The highest BCUT2D eigenvalue weighted by Gasteiger charge is 2.31. The zero-order valence-corrected chi connectivity index (χ0v) is 11.2. The van der Waals surface area contributed by atoms with Gasteiger partial charge in [-0.05, 0) is 18.2 Å². The van der Waals surface area contributed by atoms with Crippen LogP contribution in [-0.4, -0.2) is 26.0 Å². The van der Waals surface area contributed by atoms with Gasteiger partial charge in [0.05, 0.1) is 0 Å². The monoisotopic (exact) mass is 294 g/mol. The molecule has 1 aromatic carbocycles. The summed E-state index contributed by atoms with van der Waals surface area (Å²) < 4.78 is 5.46. The summed E-state index contributed by atoms with van der Waals surface area (Å²) in [5.41, 5.74) is 1.52. The van der Waals surface area contributed by atoms with Crippen LogP contribution < -0.4 is 4.74 Å². The third-order valence-corrected chi connectivity index (χ3v) is 3.51. The Bertz CT molecular complexity index is 956. The van der Waals surface area contributed by atoms with Gasteiger partial charge >= 0.3 is 0 Å². The van der Waals surface area contributed by atoms with E-state index in [9.17, 15) is 15.0 Å². The molecular weight excluding hydrogens is 284 g/mol. The van der Waals surface area contributed by atoms with E-state index in [1.54, 1.807) is 24.5 Å². The van der Waals surface area contributed by atoms with Gasteiger partial charge in [-0.2, -0.15) is 0 Å². The highest BCUT2D eigenvalue weighted by molar-refractivity contribution is 6.16. The van der Waals surface area contributed by atoms with Crippen LogP contribution in [0.25, 0.3) is 17.1 Å². The number of hydrogen-bond donors (Lipinski definition) is 3. The fourth-order valence-electron chi connectivity index (χ4n) is 2.52. The Morgan fingerprint density at radius 1 is 1.27 bits per heavy atom. The molecule has 0 radical (unpaired) electrons. The van der Waals surface area contributed by atoms with Gasteiger partial charge in [0.25, 0.3) is 0 Å². The van der Waals surface area contributed by atoms with Gasteiger partial charge in [0.2, 0.25) is 5.78 Å². The van der Waals surface area contributed by atoms with E-state index in [0.717, 1.165) is 17.0 Å². The second-order valence-electron chi connectivity index (χ2n) is 4.92. The van der Waals surface area contributed by atoms with E-state index in [1.807, 2.05) is 6.07 Å². The van der Waals surface area contributed by atoms with Crippen molar-refractivity contribution in [2.45, 2.75) is 0 Å². The van der Waals surface area contributed by atoms with Gasteiger partial charge in [-0.3, -0.25) is 4.79 Å². The van der Waals surface area contributed by atoms with Crippen LogP contribution in [0.3, 0.4) is 0 Å². The first-order chi connectivity index (χ1) is 10.6. The number of allylic oxidation sites excluding steroid dienone is 1. The zero-order chi connectivity index (χ0) is 15.3. The van der Waals surface area contributed by atoms with Crippen LogP contribution in [0.2, 0.25) is 0 Å². The average molecular weight is 294 g/mol. The van der Waals surface area contributed by atoms with E-state index in [2.05, 4.69) is 9.97 Å². The quantitative estimate of drug-likeness (QED) is 0.599. The second kappa shape index (κ2) is 4.36. The summed E-state index contributed by atoms with van der Waals surface area (Å²) >= 11 is 0. The number of nitrogens with zero attached hydrogens (tertiary/aromatic N) is 1. The van der Waals surface area contributed by atoms with Gasteiger partial charge in [0.15, 0.2) is 5.76 Å². The predicted molar refractivity (Wildman–Crippen MR) is 78.8 cm³/mol. The average Bonchev–Trinajstić information content (AvgIpc) is 3.02. The fraction of sp³-hybridized carbons (Fsp3) is 0. The maximum atomic E-state index is 12.3. The molecule has 0 atom stereocenters. The molecule has 6 heteroatoms. The summed E-state index contributed by atoms with van der Waals surface area (Å²) in [5.74, 6) is -0.663. The van der Waals surface area contributed by atoms with Crippen molar-refractivity contribution in [2.75, 3.05) is 0 Å². The third kappa shape index (κ3) is 1.74. The molecule has 108 valence electrons.